The standard InChI is InChI=1S/C10H12O6S/c1-15-7-4-3-5-8(10(7)16-2)17(13,14)6-9(11)12/h3-5H,6H2,1-2H3,(H,11,12). The Balaban J connectivity index is 3.36. The van der Waals surface area contributed by atoms with Crippen LogP contribution in [-0.4, -0.2) is 39.5 Å². The molecule has 0 heterocycles. The van der Waals surface area contributed by atoms with E-state index in [1.54, 1.807) is 0 Å². The number of ether oxygens (including phenoxy) is 2. The summed E-state index contributed by atoms with van der Waals surface area (Å²) in [4.78, 5) is 10.3. The summed E-state index contributed by atoms with van der Waals surface area (Å²) in [5.74, 6) is -2.17. The van der Waals surface area contributed by atoms with Gasteiger partial charge in [-0.3, -0.25) is 4.79 Å². The molecule has 94 valence electrons. The number of carboxylic acids is 1. The Morgan fingerprint density at radius 1 is 1.29 bits per heavy atom. The molecule has 0 aliphatic rings. The highest BCUT2D eigenvalue weighted by Gasteiger charge is 2.24. The van der Waals surface area contributed by atoms with Gasteiger partial charge in [-0.05, 0) is 12.1 Å². The minimum absolute atomic E-state index is 0.0104. The fourth-order valence-electron chi connectivity index (χ4n) is 1.34. The molecule has 0 aromatic heterocycles. The number of aliphatic carboxylic acids is 1. The second-order valence-electron chi connectivity index (χ2n) is 3.14. The zero-order valence-corrected chi connectivity index (χ0v) is 10.2. The van der Waals surface area contributed by atoms with Gasteiger partial charge in [0.05, 0.1) is 14.2 Å². The summed E-state index contributed by atoms with van der Waals surface area (Å²) < 4.78 is 33.4. The lowest BCUT2D eigenvalue weighted by molar-refractivity contribution is -0.134. The van der Waals surface area contributed by atoms with Gasteiger partial charge in [0.15, 0.2) is 27.1 Å². The van der Waals surface area contributed by atoms with Crippen molar-refractivity contribution in [1.82, 2.24) is 0 Å². The number of carbonyl (C=O) groups is 1. The third-order valence-electron chi connectivity index (χ3n) is 2.02. The normalized spacial score (nSPS) is 10.9. The number of hydrogen-bond acceptors (Lipinski definition) is 5. The second-order valence-corrected chi connectivity index (χ2v) is 5.10. The molecular weight excluding hydrogens is 248 g/mol. The van der Waals surface area contributed by atoms with Crippen LogP contribution in [0.25, 0.3) is 0 Å². The number of sulfone groups is 1. The Morgan fingerprint density at radius 3 is 2.41 bits per heavy atom. The Hall–Kier alpha value is -1.76. The number of benzene rings is 1. The molecule has 1 rings (SSSR count). The molecule has 0 saturated heterocycles. The molecule has 17 heavy (non-hydrogen) atoms. The van der Waals surface area contributed by atoms with Crippen molar-refractivity contribution in [2.45, 2.75) is 4.90 Å². The van der Waals surface area contributed by atoms with E-state index in [2.05, 4.69) is 0 Å². The van der Waals surface area contributed by atoms with Crippen LogP contribution >= 0.6 is 0 Å². The summed E-state index contributed by atoms with van der Waals surface area (Å²) in [6.45, 7) is 0. The molecule has 7 heteroatoms. The minimum Gasteiger partial charge on any atom is -0.493 e. The average molecular weight is 260 g/mol. The maximum atomic E-state index is 11.8. The van der Waals surface area contributed by atoms with E-state index < -0.39 is 21.6 Å². The van der Waals surface area contributed by atoms with E-state index in [1.807, 2.05) is 0 Å². The summed E-state index contributed by atoms with van der Waals surface area (Å²) in [5.41, 5.74) is 0. The smallest absolute Gasteiger partial charge is 0.319 e. The molecule has 0 bridgehead atoms. The van der Waals surface area contributed by atoms with Crippen molar-refractivity contribution in [3.8, 4) is 11.5 Å². The predicted molar refractivity (Wildman–Crippen MR) is 59.2 cm³/mol. The van der Waals surface area contributed by atoms with Gasteiger partial charge in [-0.2, -0.15) is 0 Å². The van der Waals surface area contributed by atoms with Gasteiger partial charge in [-0.25, -0.2) is 8.42 Å². The summed E-state index contributed by atoms with van der Waals surface area (Å²) in [6.07, 6.45) is 0. The number of rotatable bonds is 5. The van der Waals surface area contributed by atoms with Crippen LogP contribution in [0.2, 0.25) is 0 Å². The monoisotopic (exact) mass is 260 g/mol. The summed E-state index contributed by atoms with van der Waals surface area (Å²) in [6, 6.07) is 4.26. The Bertz CT molecular complexity index is 520. The first-order chi connectivity index (χ1) is 7.92. The first-order valence-electron chi connectivity index (χ1n) is 4.58. The van der Waals surface area contributed by atoms with Gasteiger partial charge in [0.25, 0.3) is 0 Å². The lowest BCUT2D eigenvalue weighted by Gasteiger charge is -2.11. The highest BCUT2D eigenvalue weighted by Crippen LogP contribution is 2.34. The number of methoxy groups -OCH3 is 2. The van der Waals surface area contributed by atoms with E-state index in [0.29, 0.717) is 0 Å². The molecule has 0 atom stereocenters. The van der Waals surface area contributed by atoms with Crippen LogP contribution in [0, 0.1) is 0 Å². The molecule has 0 radical (unpaired) electrons. The topological polar surface area (TPSA) is 89.9 Å². The first-order valence-corrected chi connectivity index (χ1v) is 6.23. The van der Waals surface area contributed by atoms with E-state index in [-0.39, 0.29) is 16.4 Å². The molecule has 0 spiro atoms. The van der Waals surface area contributed by atoms with Crippen LogP contribution in [0.3, 0.4) is 0 Å². The molecule has 1 aromatic rings. The molecule has 0 fully saturated rings. The van der Waals surface area contributed by atoms with Gasteiger partial charge in [-0.1, -0.05) is 6.07 Å². The predicted octanol–water partition coefficient (Wildman–Crippen LogP) is 0.562. The molecule has 0 amide bonds. The maximum Gasteiger partial charge on any atom is 0.319 e. The molecule has 0 aliphatic carbocycles. The van der Waals surface area contributed by atoms with Crippen LogP contribution in [0.1, 0.15) is 0 Å². The highest BCUT2D eigenvalue weighted by atomic mass is 32.2. The second kappa shape index (κ2) is 5.05. The highest BCUT2D eigenvalue weighted by molar-refractivity contribution is 7.92. The summed E-state index contributed by atoms with van der Waals surface area (Å²) in [7, 11) is -1.28. The fraction of sp³-hybridized carbons (Fsp3) is 0.300. The molecule has 1 aromatic carbocycles. The van der Waals surface area contributed by atoms with Crippen LogP contribution in [0.4, 0.5) is 0 Å². The van der Waals surface area contributed by atoms with Gasteiger partial charge < -0.3 is 14.6 Å². The van der Waals surface area contributed by atoms with Gasteiger partial charge in [0.2, 0.25) is 0 Å². The van der Waals surface area contributed by atoms with E-state index >= 15 is 0 Å². The van der Waals surface area contributed by atoms with E-state index in [0.717, 1.165) is 0 Å². The summed E-state index contributed by atoms with van der Waals surface area (Å²) >= 11 is 0. The third kappa shape index (κ3) is 2.88. The van der Waals surface area contributed by atoms with Crippen molar-refractivity contribution < 1.29 is 27.8 Å². The third-order valence-corrected chi connectivity index (χ3v) is 3.63. The van der Waals surface area contributed by atoms with Crippen LogP contribution in [-0.2, 0) is 14.6 Å². The number of carboxylic acid groups (broad SMARTS) is 1. The maximum absolute atomic E-state index is 11.8. The molecular formula is C10H12O6S. The molecule has 1 N–H and O–H groups in total. The fourth-order valence-corrected chi connectivity index (χ4v) is 2.58. The molecule has 6 nitrogen and oxygen atoms in total. The first kappa shape index (κ1) is 13.3. The van der Waals surface area contributed by atoms with Crippen LogP contribution in [0.5, 0.6) is 11.5 Å². The zero-order chi connectivity index (χ0) is 13.1. The zero-order valence-electron chi connectivity index (χ0n) is 9.34. The lowest BCUT2D eigenvalue weighted by Crippen LogP contribution is -2.16. The van der Waals surface area contributed by atoms with Crippen LogP contribution in [0.15, 0.2) is 23.1 Å². The number of para-hydroxylation sites is 1. The average Bonchev–Trinajstić information content (AvgIpc) is 2.26. The van der Waals surface area contributed by atoms with E-state index in [9.17, 15) is 13.2 Å². The van der Waals surface area contributed by atoms with Crippen molar-refractivity contribution in [1.29, 1.82) is 0 Å². The van der Waals surface area contributed by atoms with E-state index in [1.165, 1.54) is 32.4 Å². The van der Waals surface area contributed by atoms with Crippen molar-refractivity contribution >= 4 is 15.8 Å². The van der Waals surface area contributed by atoms with Gasteiger partial charge in [-0.15, -0.1) is 0 Å². The quantitative estimate of drug-likeness (QED) is 0.832. The van der Waals surface area contributed by atoms with Crippen molar-refractivity contribution in [3.63, 3.8) is 0 Å². The Morgan fingerprint density at radius 2 is 1.94 bits per heavy atom. The molecule has 0 saturated carbocycles. The largest absolute Gasteiger partial charge is 0.493 e. The van der Waals surface area contributed by atoms with Gasteiger partial charge >= 0.3 is 5.97 Å². The van der Waals surface area contributed by atoms with E-state index in [4.69, 9.17) is 14.6 Å². The molecule has 0 aliphatic heterocycles. The van der Waals surface area contributed by atoms with Gasteiger partial charge in [0.1, 0.15) is 4.90 Å². The van der Waals surface area contributed by atoms with Crippen molar-refractivity contribution in [2.75, 3.05) is 20.0 Å². The van der Waals surface area contributed by atoms with Crippen molar-refractivity contribution in [2.24, 2.45) is 0 Å². The minimum atomic E-state index is -3.94. The van der Waals surface area contributed by atoms with Gasteiger partial charge in [0, 0.05) is 0 Å². The lowest BCUT2D eigenvalue weighted by atomic mass is 10.3. The number of hydrogen-bond donors (Lipinski definition) is 1. The molecule has 0 unspecified atom stereocenters. The summed E-state index contributed by atoms with van der Waals surface area (Å²) in [5, 5.41) is 8.55. The Kier molecular flexibility index (Phi) is 3.95. The van der Waals surface area contributed by atoms with Crippen molar-refractivity contribution in [3.05, 3.63) is 18.2 Å². The van der Waals surface area contributed by atoms with Crippen LogP contribution < -0.4 is 9.47 Å². The Labute approximate surface area is 98.7 Å². The SMILES string of the molecule is COc1cccc(S(=O)(=O)CC(=O)O)c1OC.